The fourth-order valence-electron chi connectivity index (χ4n) is 8.40. The van der Waals surface area contributed by atoms with Crippen LogP contribution < -0.4 is 10.6 Å². The molecule has 6 rings (SSSR count). The molecule has 4 fully saturated rings. The number of ether oxygens (including phenoxy) is 1. The lowest BCUT2D eigenvalue weighted by atomic mass is 9.73. The average molecular weight is 562 g/mol. The third-order valence-corrected chi connectivity index (χ3v) is 11.1. The van der Waals surface area contributed by atoms with Gasteiger partial charge in [0.05, 0.1) is 17.9 Å². The van der Waals surface area contributed by atoms with Crippen molar-refractivity contribution in [2.75, 3.05) is 5.32 Å². The number of carbonyl (C=O) groups is 3. The molecule has 0 unspecified atom stereocenters. The summed E-state index contributed by atoms with van der Waals surface area (Å²) < 4.78 is 6.62. The first-order valence-corrected chi connectivity index (χ1v) is 16.1. The number of likely N-dealkylation sites (tertiary alicyclic amines) is 1. The summed E-state index contributed by atoms with van der Waals surface area (Å²) in [5.41, 5.74) is 1.86. The van der Waals surface area contributed by atoms with Crippen LogP contribution in [0.25, 0.3) is 0 Å². The molecular weight excluding hydrogens is 514 g/mol. The summed E-state index contributed by atoms with van der Waals surface area (Å²) >= 11 is 0. The van der Waals surface area contributed by atoms with Crippen molar-refractivity contribution in [2.45, 2.75) is 122 Å². The number of benzene rings is 1. The van der Waals surface area contributed by atoms with E-state index in [1.54, 1.807) is 0 Å². The summed E-state index contributed by atoms with van der Waals surface area (Å²) in [4.78, 5) is 44.6. The van der Waals surface area contributed by atoms with Crippen molar-refractivity contribution in [1.82, 2.24) is 10.2 Å². The summed E-state index contributed by atoms with van der Waals surface area (Å²) in [6.45, 7) is 8.56. The number of nitrogens with one attached hydrogen (secondary N) is 2. The lowest BCUT2D eigenvalue weighted by molar-refractivity contribution is -0.144. The van der Waals surface area contributed by atoms with E-state index in [0.717, 1.165) is 68.2 Å². The maximum absolute atomic E-state index is 14.5. The standard InChI is InChI=1S/C34H47N3O4/c1-20-15-16-24(19-22(20)3)35-31(38)28-27-17-18-34(41-27)29(28)33(40)37(25-12-8-6-5-7-9-13-25)30(34)32(39)36-26-14-10-11-21(2)23(26)4/h15-19,21,23,25-30H,5-14H2,1-4H3,(H,35,38)(H,36,39)/t21-,23+,26+,27-,28+,29-,30-,34-/m0/s1. The zero-order valence-corrected chi connectivity index (χ0v) is 25.2. The van der Waals surface area contributed by atoms with E-state index < -0.39 is 29.6 Å². The van der Waals surface area contributed by atoms with Gasteiger partial charge in [-0.25, -0.2) is 0 Å². The Hall–Kier alpha value is -2.67. The van der Waals surface area contributed by atoms with Crippen LogP contribution in [0.3, 0.4) is 0 Å². The minimum atomic E-state index is -1.11. The lowest BCUT2D eigenvalue weighted by Gasteiger charge is -2.40. The third kappa shape index (κ3) is 4.92. The fourth-order valence-corrected chi connectivity index (χ4v) is 8.40. The average Bonchev–Trinajstić information content (AvgIpc) is 3.56. The van der Waals surface area contributed by atoms with E-state index in [4.69, 9.17) is 4.74 Å². The number of aryl methyl sites for hydroxylation is 2. The van der Waals surface area contributed by atoms with Crippen molar-refractivity contribution in [3.8, 4) is 0 Å². The Labute approximate surface area is 244 Å². The van der Waals surface area contributed by atoms with Gasteiger partial charge >= 0.3 is 0 Å². The molecule has 5 aliphatic rings. The first kappa shape index (κ1) is 28.4. The molecule has 0 aromatic heterocycles. The van der Waals surface area contributed by atoms with Gasteiger partial charge in [-0.1, -0.05) is 77.0 Å². The van der Waals surface area contributed by atoms with Gasteiger partial charge in [0.2, 0.25) is 17.7 Å². The van der Waals surface area contributed by atoms with E-state index in [1.165, 1.54) is 12.8 Å². The van der Waals surface area contributed by atoms with Gasteiger partial charge in [0.25, 0.3) is 0 Å². The summed E-state index contributed by atoms with van der Waals surface area (Å²) in [5, 5.41) is 6.47. The van der Waals surface area contributed by atoms with E-state index in [1.807, 2.05) is 49.1 Å². The molecule has 2 saturated heterocycles. The van der Waals surface area contributed by atoms with Crippen molar-refractivity contribution in [3.63, 3.8) is 0 Å². The Morgan fingerprint density at radius 3 is 2.39 bits per heavy atom. The van der Waals surface area contributed by atoms with Gasteiger partial charge < -0.3 is 20.3 Å². The van der Waals surface area contributed by atoms with Gasteiger partial charge in [-0.15, -0.1) is 0 Å². The minimum absolute atomic E-state index is 0.0132. The van der Waals surface area contributed by atoms with Crippen molar-refractivity contribution in [3.05, 3.63) is 41.5 Å². The fraction of sp³-hybridized carbons (Fsp3) is 0.676. The van der Waals surface area contributed by atoms with Crippen LogP contribution in [0.4, 0.5) is 5.69 Å². The molecule has 2 aliphatic carbocycles. The van der Waals surface area contributed by atoms with E-state index in [-0.39, 0.29) is 29.8 Å². The van der Waals surface area contributed by atoms with Crippen molar-refractivity contribution in [2.24, 2.45) is 23.7 Å². The van der Waals surface area contributed by atoms with Crippen LogP contribution in [0.2, 0.25) is 0 Å². The minimum Gasteiger partial charge on any atom is -0.359 e. The lowest BCUT2D eigenvalue weighted by Crippen LogP contribution is -2.59. The highest BCUT2D eigenvalue weighted by Crippen LogP contribution is 2.56. The molecule has 2 bridgehead atoms. The number of hydrogen-bond acceptors (Lipinski definition) is 4. The Balaban J connectivity index is 1.32. The van der Waals surface area contributed by atoms with Gasteiger partial charge in [-0.2, -0.15) is 0 Å². The zero-order chi connectivity index (χ0) is 28.9. The molecule has 8 atom stereocenters. The Bertz CT molecular complexity index is 1220. The molecule has 2 saturated carbocycles. The highest BCUT2D eigenvalue weighted by Gasteiger charge is 2.73. The van der Waals surface area contributed by atoms with Crippen molar-refractivity contribution in [1.29, 1.82) is 0 Å². The number of hydrogen-bond donors (Lipinski definition) is 2. The van der Waals surface area contributed by atoms with Gasteiger partial charge in [-0.05, 0) is 68.2 Å². The Morgan fingerprint density at radius 1 is 0.927 bits per heavy atom. The van der Waals surface area contributed by atoms with Crippen LogP contribution in [0.15, 0.2) is 30.4 Å². The number of nitrogens with zero attached hydrogens (tertiary/aromatic N) is 1. The van der Waals surface area contributed by atoms with E-state index in [2.05, 4.69) is 24.5 Å². The summed E-state index contributed by atoms with van der Waals surface area (Å²) in [7, 11) is 0. The summed E-state index contributed by atoms with van der Waals surface area (Å²) in [6, 6.07) is 5.18. The van der Waals surface area contributed by atoms with Gasteiger partial charge in [0, 0.05) is 17.8 Å². The molecule has 41 heavy (non-hydrogen) atoms. The number of carbonyl (C=O) groups excluding carboxylic acids is 3. The first-order chi connectivity index (χ1) is 19.7. The molecule has 3 amide bonds. The van der Waals surface area contributed by atoms with Crippen LogP contribution in [0, 0.1) is 37.5 Å². The normalized spacial score (nSPS) is 37.0. The number of rotatable bonds is 5. The second kappa shape index (κ2) is 11.2. The van der Waals surface area contributed by atoms with Crippen molar-refractivity contribution >= 4 is 23.4 Å². The first-order valence-electron chi connectivity index (χ1n) is 16.1. The number of amides is 3. The second-order valence-electron chi connectivity index (χ2n) is 13.6. The monoisotopic (exact) mass is 561 g/mol. The molecule has 1 aromatic rings. The quantitative estimate of drug-likeness (QED) is 0.468. The Kier molecular flexibility index (Phi) is 7.77. The van der Waals surface area contributed by atoms with Gasteiger partial charge in [-0.3, -0.25) is 14.4 Å². The van der Waals surface area contributed by atoms with Gasteiger partial charge in [0.15, 0.2) is 0 Å². The molecule has 1 spiro atoms. The SMILES string of the molecule is Cc1ccc(NC(=O)[C@@H]2[C@@H]3C=C[C@]4(O3)[C@@H]2C(=O)N(C2CCCCCCC2)[C@H]4C(=O)N[C@@H]2CCC[C@H](C)[C@H]2C)cc1C. The molecule has 7 nitrogen and oxygen atoms in total. The van der Waals surface area contributed by atoms with Crippen LogP contribution in [-0.4, -0.2) is 52.5 Å². The van der Waals surface area contributed by atoms with Crippen molar-refractivity contribution < 1.29 is 19.1 Å². The van der Waals surface area contributed by atoms with Crippen LogP contribution in [-0.2, 0) is 19.1 Å². The second-order valence-corrected chi connectivity index (χ2v) is 13.6. The number of anilines is 1. The van der Waals surface area contributed by atoms with E-state index in [9.17, 15) is 14.4 Å². The summed E-state index contributed by atoms with van der Waals surface area (Å²) in [5.74, 6) is -0.868. The maximum Gasteiger partial charge on any atom is 0.246 e. The third-order valence-electron chi connectivity index (χ3n) is 11.1. The maximum atomic E-state index is 14.5. The molecule has 0 radical (unpaired) electrons. The van der Waals surface area contributed by atoms with Crippen LogP contribution >= 0.6 is 0 Å². The summed E-state index contributed by atoms with van der Waals surface area (Å²) in [6.07, 6.45) is 14.0. The van der Waals surface area contributed by atoms with E-state index in [0.29, 0.717) is 11.8 Å². The molecule has 3 heterocycles. The van der Waals surface area contributed by atoms with Crippen LogP contribution in [0.1, 0.15) is 89.2 Å². The molecule has 1 aromatic carbocycles. The topological polar surface area (TPSA) is 87.7 Å². The number of fused-ring (bicyclic) bond motifs is 1. The molecular formula is C34H47N3O4. The highest BCUT2D eigenvalue weighted by atomic mass is 16.5. The molecule has 7 heteroatoms. The highest BCUT2D eigenvalue weighted by molar-refractivity contribution is 6.03. The largest absolute Gasteiger partial charge is 0.359 e. The molecule has 2 N–H and O–H groups in total. The Morgan fingerprint density at radius 2 is 1.66 bits per heavy atom. The van der Waals surface area contributed by atoms with Crippen LogP contribution in [0.5, 0.6) is 0 Å². The van der Waals surface area contributed by atoms with E-state index >= 15 is 0 Å². The molecule has 222 valence electrons. The molecule has 3 aliphatic heterocycles. The smallest absolute Gasteiger partial charge is 0.246 e. The van der Waals surface area contributed by atoms with Gasteiger partial charge in [0.1, 0.15) is 11.6 Å². The zero-order valence-electron chi connectivity index (χ0n) is 25.2. The predicted octanol–water partition coefficient (Wildman–Crippen LogP) is 5.45. The predicted molar refractivity (Wildman–Crippen MR) is 159 cm³/mol.